The Balaban J connectivity index is 2.14. The van der Waals surface area contributed by atoms with Gasteiger partial charge in [0.15, 0.2) is 5.78 Å². The molecule has 0 bridgehead atoms. The summed E-state index contributed by atoms with van der Waals surface area (Å²) < 4.78 is 16.8. The number of ether oxygens (including phenoxy) is 3. The molecule has 0 aromatic rings. The molecule has 1 fully saturated rings. The van der Waals surface area contributed by atoms with Crippen LogP contribution in [0.1, 0.15) is 41.0 Å². The van der Waals surface area contributed by atoms with Crippen LogP contribution >= 0.6 is 0 Å². The van der Waals surface area contributed by atoms with Gasteiger partial charge in [0.1, 0.15) is 12.2 Å². The Morgan fingerprint density at radius 3 is 2.57 bits per heavy atom. The second kappa shape index (κ2) is 7.83. The number of ketones is 1. The number of aliphatic hydroxyl groups excluding tert-OH is 1. The van der Waals surface area contributed by atoms with Crippen molar-refractivity contribution >= 4 is 23.7 Å². The standard InChI is InChI=1S/C22H26O8/c1-6-10(2)20(26)28-15-7-11(3)16-14(25)8-13(9-23)17(16)19-18(15)22(5,21(27)29-19)30-12(4)24/h6,8,15,17-19,23H,7,9H2,1-5H3. The Labute approximate surface area is 174 Å². The highest BCUT2D eigenvalue weighted by Crippen LogP contribution is 2.51. The summed E-state index contributed by atoms with van der Waals surface area (Å²) in [4.78, 5) is 49.8. The van der Waals surface area contributed by atoms with Gasteiger partial charge in [0.05, 0.1) is 12.5 Å². The smallest absolute Gasteiger partial charge is 0.351 e. The molecule has 2 aliphatic carbocycles. The summed E-state index contributed by atoms with van der Waals surface area (Å²) in [5, 5.41) is 9.82. The van der Waals surface area contributed by atoms with Gasteiger partial charge in [-0.1, -0.05) is 11.6 Å². The van der Waals surface area contributed by atoms with E-state index in [-0.39, 0.29) is 18.8 Å². The molecule has 0 spiro atoms. The molecule has 0 amide bonds. The lowest BCUT2D eigenvalue weighted by Crippen LogP contribution is -2.50. The fourth-order valence-corrected chi connectivity index (χ4v) is 4.68. The second-order valence-electron chi connectivity index (χ2n) is 8.13. The Kier molecular flexibility index (Phi) is 5.73. The first-order valence-corrected chi connectivity index (χ1v) is 9.85. The van der Waals surface area contributed by atoms with Crippen molar-refractivity contribution in [3.8, 4) is 0 Å². The number of esters is 3. The molecule has 1 heterocycles. The van der Waals surface area contributed by atoms with Crippen LogP contribution in [0.4, 0.5) is 0 Å². The molecule has 30 heavy (non-hydrogen) atoms. The summed E-state index contributed by atoms with van der Waals surface area (Å²) in [6, 6.07) is 0. The molecule has 5 unspecified atom stereocenters. The fourth-order valence-electron chi connectivity index (χ4n) is 4.68. The predicted molar refractivity (Wildman–Crippen MR) is 104 cm³/mol. The van der Waals surface area contributed by atoms with E-state index in [1.165, 1.54) is 19.9 Å². The molecule has 0 aromatic carbocycles. The first kappa shape index (κ1) is 22.0. The van der Waals surface area contributed by atoms with E-state index >= 15 is 0 Å². The van der Waals surface area contributed by atoms with Crippen LogP contribution in [0.3, 0.4) is 0 Å². The fraction of sp³-hybridized carbons (Fsp3) is 0.545. The number of fused-ring (bicyclic) bond motifs is 3. The van der Waals surface area contributed by atoms with Crippen LogP contribution in [0.15, 0.2) is 34.4 Å². The SMILES string of the molecule is CC=C(C)C(=O)OC1CC(C)=C2C(=O)C=C(CO)C2C2OC(=O)C(C)(OC(C)=O)C12. The van der Waals surface area contributed by atoms with E-state index in [1.807, 2.05) is 0 Å². The summed E-state index contributed by atoms with van der Waals surface area (Å²) in [7, 11) is 0. The van der Waals surface area contributed by atoms with Crippen LogP contribution in [0.2, 0.25) is 0 Å². The van der Waals surface area contributed by atoms with Crippen LogP contribution < -0.4 is 0 Å². The molecule has 0 radical (unpaired) electrons. The molecule has 162 valence electrons. The number of aliphatic hydroxyl groups is 1. The van der Waals surface area contributed by atoms with Crippen molar-refractivity contribution in [3.63, 3.8) is 0 Å². The highest BCUT2D eigenvalue weighted by atomic mass is 16.6. The maximum atomic E-state index is 12.8. The highest BCUT2D eigenvalue weighted by molar-refractivity contribution is 6.09. The third kappa shape index (κ3) is 3.39. The van der Waals surface area contributed by atoms with Gasteiger partial charge in [0.25, 0.3) is 0 Å². The molecule has 3 rings (SSSR count). The summed E-state index contributed by atoms with van der Waals surface area (Å²) >= 11 is 0. The Morgan fingerprint density at radius 1 is 1.33 bits per heavy atom. The van der Waals surface area contributed by atoms with Crippen molar-refractivity contribution in [3.05, 3.63) is 34.4 Å². The molecule has 0 aromatic heterocycles. The summed E-state index contributed by atoms with van der Waals surface area (Å²) in [5.41, 5.74) is 0.202. The first-order valence-electron chi connectivity index (χ1n) is 9.85. The summed E-state index contributed by atoms with van der Waals surface area (Å²) in [6.07, 6.45) is 1.32. The largest absolute Gasteiger partial charge is 0.458 e. The minimum atomic E-state index is -1.70. The van der Waals surface area contributed by atoms with Crippen LogP contribution in [0.25, 0.3) is 0 Å². The summed E-state index contributed by atoms with van der Waals surface area (Å²) in [6.45, 7) is 7.29. The second-order valence-corrected chi connectivity index (χ2v) is 8.13. The zero-order chi connectivity index (χ0) is 22.4. The lowest BCUT2D eigenvalue weighted by molar-refractivity contribution is -0.176. The number of hydrogen-bond donors (Lipinski definition) is 1. The molecule has 1 saturated heterocycles. The van der Waals surface area contributed by atoms with Crippen LogP contribution in [-0.2, 0) is 33.4 Å². The van der Waals surface area contributed by atoms with Gasteiger partial charge in [-0.3, -0.25) is 9.59 Å². The Morgan fingerprint density at radius 2 is 2.00 bits per heavy atom. The number of rotatable bonds is 4. The molecule has 8 nitrogen and oxygen atoms in total. The maximum Gasteiger partial charge on any atom is 0.351 e. The van der Waals surface area contributed by atoms with Crippen LogP contribution in [0, 0.1) is 11.8 Å². The van der Waals surface area contributed by atoms with Gasteiger partial charge >= 0.3 is 17.9 Å². The number of allylic oxidation sites excluding steroid dienone is 2. The van der Waals surface area contributed by atoms with E-state index in [2.05, 4.69) is 0 Å². The molecule has 3 aliphatic rings. The third-order valence-corrected chi connectivity index (χ3v) is 6.18. The van der Waals surface area contributed by atoms with Crippen molar-refractivity contribution in [2.45, 2.75) is 58.8 Å². The van der Waals surface area contributed by atoms with E-state index in [0.717, 1.165) is 0 Å². The molecule has 8 heteroatoms. The van der Waals surface area contributed by atoms with Gasteiger partial charge in [-0.05, 0) is 39.3 Å². The number of hydrogen-bond acceptors (Lipinski definition) is 8. The predicted octanol–water partition coefficient (Wildman–Crippen LogP) is 1.57. The van der Waals surface area contributed by atoms with Gasteiger partial charge in [-0.2, -0.15) is 0 Å². The third-order valence-electron chi connectivity index (χ3n) is 6.18. The number of carbonyl (C=O) groups is 4. The molecule has 0 saturated carbocycles. The minimum Gasteiger partial charge on any atom is -0.458 e. The normalized spacial score (nSPS) is 33.4. The summed E-state index contributed by atoms with van der Waals surface area (Å²) in [5.74, 6) is -3.83. The topological polar surface area (TPSA) is 116 Å². The highest BCUT2D eigenvalue weighted by Gasteiger charge is 2.65. The molecular weight excluding hydrogens is 392 g/mol. The van der Waals surface area contributed by atoms with Gasteiger partial charge < -0.3 is 19.3 Å². The van der Waals surface area contributed by atoms with Crippen LogP contribution in [-0.4, -0.2) is 53.2 Å². The van der Waals surface area contributed by atoms with Gasteiger partial charge in [-0.15, -0.1) is 0 Å². The minimum absolute atomic E-state index is 0.168. The van der Waals surface area contributed by atoms with Crippen molar-refractivity contribution in [2.24, 2.45) is 11.8 Å². The zero-order valence-corrected chi connectivity index (χ0v) is 17.7. The van der Waals surface area contributed by atoms with Crippen molar-refractivity contribution < 1.29 is 38.5 Å². The Hall–Kier alpha value is -2.74. The van der Waals surface area contributed by atoms with E-state index < -0.39 is 47.6 Å². The molecule has 1 N–H and O–H groups in total. The van der Waals surface area contributed by atoms with E-state index in [4.69, 9.17) is 14.2 Å². The maximum absolute atomic E-state index is 12.8. The monoisotopic (exact) mass is 418 g/mol. The van der Waals surface area contributed by atoms with E-state index in [0.29, 0.717) is 22.3 Å². The quantitative estimate of drug-likeness (QED) is 0.415. The van der Waals surface area contributed by atoms with Crippen molar-refractivity contribution in [1.29, 1.82) is 0 Å². The van der Waals surface area contributed by atoms with Crippen LogP contribution in [0.5, 0.6) is 0 Å². The van der Waals surface area contributed by atoms with Gasteiger partial charge in [0, 0.05) is 30.4 Å². The van der Waals surface area contributed by atoms with E-state index in [1.54, 1.807) is 26.8 Å². The first-order chi connectivity index (χ1) is 14.0. The van der Waals surface area contributed by atoms with Crippen molar-refractivity contribution in [2.75, 3.05) is 6.61 Å². The van der Waals surface area contributed by atoms with Gasteiger partial charge in [-0.25, -0.2) is 9.59 Å². The molecule has 1 aliphatic heterocycles. The number of carbonyl (C=O) groups excluding carboxylic acids is 4. The molecule has 5 atom stereocenters. The average molecular weight is 418 g/mol. The van der Waals surface area contributed by atoms with E-state index in [9.17, 15) is 24.3 Å². The zero-order valence-electron chi connectivity index (χ0n) is 17.7. The van der Waals surface area contributed by atoms with Gasteiger partial charge in [0.2, 0.25) is 5.60 Å². The Bertz CT molecular complexity index is 908. The lowest BCUT2D eigenvalue weighted by Gasteiger charge is -2.34. The molecular formula is C22H26O8. The van der Waals surface area contributed by atoms with Crippen molar-refractivity contribution in [1.82, 2.24) is 0 Å². The lowest BCUT2D eigenvalue weighted by atomic mass is 9.77. The average Bonchev–Trinajstić information content (AvgIpc) is 3.08.